The summed E-state index contributed by atoms with van der Waals surface area (Å²) in [6.07, 6.45) is 3.45. The largest absolute Gasteiger partial charge is 0.478 e. The zero-order chi connectivity index (χ0) is 15.5. The van der Waals surface area contributed by atoms with Crippen LogP contribution >= 0.6 is 0 Å². The van der Waals surface area contributed by atoms with E-state index >= 15 is 0 Å². The number of benzene rings is 1. The Morgan fingerprint density at radius 1 is 1.24 bits per heavy atom. The van der Waals surface area contributed by atoms with Crippen LogP contribution in [0.5, 0.6) is 0 Å². The molecule has 1 fully saturated rings. The topological polar surface area (TPSA) is 74.7 Å². The third-order valence-corrected chi connectivity index (χ3v) is 5.73. The van der Waals surface area contributed by atoms with E-state index in [9.17, 15) is 13.2 Å². The SMILES string of the molecule is Cc1ccc(C(=O)O)cc1S(=O)(=O)CCN1CCCCC1. The van der Waals surface area contributed by atoms with Crippen LogP contribution in [0.2, 0.25) is 0 Å². The number of sulfone groups is 1. The number of likely N-dealkylation sites (tertiary alicyclic amines) is 1. The van der Waals surface area contributed by atoms with Gasteiger partial charge in [0.2, 0.25) is 0 Å². The monoisotopic (exact) mass is 311 g/mol. The lowest BCUT2D eigenvalue weighted by atomic mass is 10.1. The Labute approximate surface area is 125 Å². The predicted molar refractivity (Wildman–Crippen MR) is 80.5 cm³/mol. The average Bonchev–Trinajstić information content (AvgIpc) is 2.46. The quantitative estimate of drug-likeness (QED) is 0.899. The van der Waals surface area contributed by atoms with Crippen LogP contribution in [0.4, 0.5) is 0 Å². The van der Waals surface area contributed by atoms with Gasteiger partial charge in [0.05, 0.1) is 16.2 Å². The van der Waals surface area contributed by atoms with Crippen LogP contribution in [-0.4, -0.2) is 49.8 Å². The summed E-state index contributed by atoms with van der Waals surface area (Å²) in [7, 11) is -3.45. The Kier molecular flexibility index (Phi) is 5.00. The van der Waals surface area contributed by atoms with Crippen LogP contribution in [0.1, 0.15) is 35.2 Å². The number of aromatic carboxylic acids is 1. The molecule has 0 aromatic heterocycles. The number of carboxylic acid groups (broad SMARTS) is 1. The van der Waals surface area contributed by atoms with Gasteiger partial charge in [0.1, 0.15) is 0 Å². The first kappa shape index (κ1) is 16.0. The molecule has 1 aliphatic rings. The van der Waals surface area contributed by atoms with Crippen molar-refractivity contribution in [3.05, 3.63) is 29.3 Å². The molecule has 0 spiro atoms. The zero-order valence-electron chi connectivity index (χ0n) is 12.2. The Hall–Kier alpha value is -1.40. The molecule has 1 saturated heterocycles. The summed E-state index contributed by atoms with van der Waals surface area (Å²) in [6, 6.07) is 4.25. The third kappa shape index (κ3) is 4.04. The van der Waals surface area contributed by atoms with Crippen molar-refractivity contribution >= 4 is 15.8 Å². The maximum atomic E-state index is 12.5. The molecular weight excluding hydrogens is 290 g/mol. The molecule has 5 nitrogen and oxygen atoms in total. The summed E-state index contributed by atoms with van der Waals surface area (Å²) in [5.74, 6) is -1.07. The number of carboxylic acids is 1. The van der Waals surface area contributed by atoms with E-state index in [0.717, 1.165) is 25.9 Å². The van der Waals surface area contributed by atoms with E-state index in [1.54, 1.807) is 13.0 Å². The van der Waals surface area contributed by atoms with Crippen LogP contribution in [0.3, 0.4) is 0 Å². The molecule has 6 heteroatoms. The normalized spacial score (nSPS) is 16.8. The van der Waals surface area contributed by atoms with Gasteiger partial charge in [-0.25, -0.2) is 13.2 Å². The van der Waals surface area contributed by atoms with Crippen LogP contribution < -0.4 is 0 Å². The van der Waals surface area contributed by atoms with Crippen molar-refractivity contribution in [1.29, 1.82) is 0 Å². The number of aryl methyl sites for hydroxylation is 1. The van der Waals surface area contributed by atoms with Crippen molar-refractivity contribution in [1.82, 2.24) is 4.90 Å². The molecule has 0 saturated carbocycles. The van der Waals surface area contributed by atoms with Crippen LogP contribution in [-0.2, 0) is 9.84 Å². The second kappa shape index (κ2) is 6.58. The molecule has 2 rings (SSSR count). The molecule has 0 bridgehead atoms. The van der Waals surface area contributed by atoms with Gasteiger partial charge in [0.25, 0.3) is 0 Å². The van der Waals surface area contributed by atoms with Gasteiger partial charge < -0.3 is 10.0 Å². The fourth-order valence-electron chi connectivity index (χ4n) is 2.61. The average molecular weight is 311 g/mol. The van der Waals surface area contributed by atoms with Crippen LogP contribution in [0, 0.1) is 6.92 Å². The summed E-state index contributed by atoms with van der Waals surface area (Å²) in [4.78, 5) is 13.3. The summed E-state index contributed by atoms with van der Waals surface area (Å²) in [6.45, 7) is 4.10. The van der Waals surface area contributed by atoms with E-state index in [2.05, 4.69) is 4.90 Å². The Morgan fingerprint density at radius 2 is 1.90 bits per heavy atom. The summed E-state index contributed by atoms with van der Waals surface area (Å²) < 4.78 is 24.9. The number of hydrogen-bond donors (Lipinski definition) is 1. The van der Waals surface area contributed by atoms with Crippen molar-refractivity contribution in [3.8, 4) is 0 Å². The zero-order valence-corrected chi connectivity index (χ0v) is 13.0. The molecular formula is C15H21NO4S. The smallest absolute Gasteiger partial charge is 0.335 e. The molecule has 0 radical (unpaired) electrons. The molecule has 1 heterocycles. The lowest BCUT2D eigenvalue weighted by molar-refractivity contribution is 0.0696. The highest BCUT2D eigenvalue weighted by molar-refractivity contribution is 7.91. The van der Waals surface area contributed by atoms with Gasteiger partial charge in [-0.3, -0.25) is 0 Å². The highest BCUT2D eigenvalue weighted by atomic mass is 32.2. The first-order valence-electron chi connectivity index (χ1n) is 7.19. The predicted octanol–water partition coefficient (Wildman–Crippen LogP) is 1.95. The Morgan fingerprint density at radius 3 is 2.52 bits per heavy atom. The lowest BCUT2D eigenvalue weighted by Crippen LogP contribution is -2.34. The van der Waals surface area contributed by atoms with E-state index in [-0.39, 0.29) is 16.2 Å². The molecule has 0 aliphatic carbocycles. The molecule has 0 amide bonds. The fourth-order valence-corrected chi connectivity index (χ4v) is 4.19. The molecule has 1 aromatic rings. The van der Waals surface area contributed by atoms with Gasteiger partial charge in [-0.2, -0.15) is 0 Å². The maximum Gasteiger partial charge on any atom is 0.335 e. The third-order valence-electron chi connectivity index (χ3n) is 3.90. The van der Waals surface area contributed by atoms with E-state index in [1.807, 2.05) is 0 Å². The van der Waals surface area contributed by atoms with Crippen molar-refractivity contribution in [2.75, 3.05) is 25.4 Å². The molecule has 1 aromatic carbocycles. The van der Waals surface area contributed by atoms with Gasteiger partial charge >= 0.3 is 5.97 Å². The van der Waals surface area contributed by atoms with Crippen molar-refractivity contribution < 1.29 is 18.3 Å². The van der Waals surface area contributed by atoms with E-state index in [0.29, 0.717) is 12.1 Å². The van der Waals surface area contributed by atoms with E-state index < -0.39 is 15.8 Å². The van der Waals surface area contributed by atoms with Crippen molar-refractivity contribution in [2.24, 2.45) is 0 Å². The van der Waals surface area contributed by atoms with Crippen molar-refractivity contribution in [2.45, 2.75) is 31.1 Å². The maximum absolute atomic E-state index is 12.5. The number of rotatable bonds is 5. The minimum absolute atomic E-state index is 0.0112. The molecule has 21 heavy (non-hydrogen) atoms. The van der Waals surface area contributed by atoms with Crippen LogP contribution in [0.25, 0.3) is 0 Å². The summed E-state index contributed by atoms with van der Waals surface area (Å²) >= 11 is 0. The highest BCUT2D eigenvalue weighted by Gasteiger charge is 2.21. The second-order valence-corrected chi connectivity index (χ2v) is 7.58. The molecule has 1 N–H and O–H groups in total. The number of hydrogen-bond acceptors (Lipinski definition) is 4. The van der Waals surface area contributed by atoms with Gasteiger partial charge in [0, 0.05) is 6.54 Å². The van der Waals surface area contributed by atoms with Gasteiger partial charge in [-0.05, 0) is 50.6 Å². The minimum atomic E-state index is -3.45. The lowest BCUT2D eigenvalue weighted by Gasteiger charge is -2.26. The van der Waals surface area contributed by atoms with Crippen LogP contribution in [0.15, 0.2) is 23.1 Å². The number of piperidine rings is 1. The van der Waals surface area contributed by atoms with E-state index in [1.165, 1.54) is 18.6 Å². The van der Waals surface area contributed by atoms with Crippen molar-refractivity contribution in [3.63, 3.8) is 0 Å². The minimum Gasteiger partial charge on any atom is -0.478 e. The fraction of sp³-hybridized carbons (Fsp3) is 0.533. The number of nitrogens with zero attached hydrogens (tertiary/aromatic N) is 1. The highest BCUT2D eigenvalue weighted by Crippen LogP contribution is 2.19. The standard InChI is InChI=1S/C15H21NO4S/c1-12-5-6-13(15(17)18)11-14(12)21(19,20)10-9-16-7-3-2-4-8-16/h5-6,11H,2-4,7-10H2,1H3,(H,17,18). The first-order chi connectivity index (χ1) is 9.90. The van der Waals surface area contributed by atoms with E-state index in [4.69, 9.17) is 5.11 Å². The summed E-state index contributed by atoms with van der Waals surface area (Å²) in [5.41, 5.74) is 0.607. The molecule has 0 atom stereocenters. The number of carbonyl (C=O) groups is 1. The second-order valence-electron chi connectivity index (χ2n) is 5.51. The molecule has 116 valence electrons. The molecule has 0 unspecified atom stereocenters. The first-order valence-corrected chi connectivity index (χ1v) is 8.84. The van der Waals surface area contributed by atoms with Gasteiger partial charge in [-0.15, -0.1) is 0 Å². The summed E-state index contributed by atoms with van der Waals surface area (Å²) in [5, 5.41) is 9.00. The molecule has 1 aliphatic heterocycles. The van der Waals surface area contributed by atoms with Gasteiger partial charge in [0.15, 0.2) is 9.84 Å². The van der Waals surface area contributed by atoms with Gasteiger partial charge in [-0.1, -0.05) is 12.5 Å². The Bertz CT molecular complexity index is 619. The Balaban J connectivity index is 2.14.